The number of benzene rings is 1. The number of rotatable bonds is 5. The van der Waals surface area contributed by atoms with Gasteiger partial charge in [-0.15, -0.1) is 0 Å². The first-order valence-corrected chi connectivity index (χ1v) is 8.25. The molecule has 0 aliphatic heterocycles. The fraction of sp³-hybridized carbons (Fsp3) is 0.462. The highest BCUT2D eigenvalue weighted by Gasteiger charge is 2.18. The SMILES string of the molecule is Cc1ccc(S(=O)(=O)N(C)C)cc1NC(=S)NC[C@@H](C)O. The molecule has 21 heavy (non-hydrogen) atoms. The molecule has 0 saturated heterocycles. The monoisotopic (exact) mass is 331 g/mol. The van der Waals surface area contributed by atoms with Gasteiger partial charge in [-0.2, -0.15) is 0 Å². The number of aliphatic hydroxyl groups is 1. The standard InChI is InChI=1S/C13H21N3O3S2/c1-9-5-6-11(21(18,19)16(3)4)7-12(9)15-13(20)14-8-10(2)17/h5-7,10,17H,8H2,1-4H3,(H2,14,15,20)/t10-/m1/s1. The molecule has 118 valence electrons. The van der Waals surface area contributed by atoms with Crippen LogP contribution in [0.25, 0.3) is 0 Å². The summed E-state index contributed by atoms with van der Waals surface area (Å²) in [6.45, 7) is 3.82. The van der Waals surface area contributed by atoms with E-state index in [9.17, 15) is 13.5 Å². The minimum absolute atomic E-state index is 0.193. The molecule has 0 saturated carbocycles. The Labute approximate surface area is 131 Å². The first-order valence-electron chi connectivity index (χ1n) is 6.40. The smallest absolute Gasteiger partial charge is 0.242 e. The molecule has 0 aliphatic carbocycles. The summed E-state index contributed by atoms with van der Waals surface area (Å²) in [4.78, 5) is 0.193. The third kappa shape index (κ3) is 4.92. The number of aryl methyl sites for hydroxylation is 1. The predicted molar refractivity (Wildman–Crippen MR) is 88.0 cm³/mol. The molecular formula is C13H21N3O3S2. The summed E-state index contributed by atoms with van der Waals surface area (Å²) in [6.07, 6.45) is -0.522. The maximum absolute atomic E-state index is 12.1. The lowest BCUT2D eigenvalue weighted by atomic mass is 10.2. The third-order valence-electron chi connectivity index (χ3n) is 2.79. The number of anilines is 1. The van der Waals surface area contributed by atoms with Crippen LogP contribution in [0.4, 0.5) is 5.69 Å². The van der Waals surface area contributed by atoms with Crippen molar-refractivity contribution < 1.29 is 13.5 Å². The number of nitrogens with zero attached hydrogens (tertiary/aromatic N) is 1. The molecule has 0 amide bonds. The second kappa shape index (κ2) is 7.17. The summed E-state index contributed by atoms with van der Waals surface area (Å²) in [7, 11) is -0.522. The van der Waals surface area contributed by atoms with Crippen molar-refractivity contribution in [3.8, 4) is 0 Å². The Morgan fingerprint density at radius 3 is 2.57 bits per heavy atom. The zero-order chi connectivity index (χ0) is 16.2. The minimum Gasteiger partial charge on any atom is -0.392 e. The van der Waals surface area contributed by atoms with Crippen molar-refractivity contribution in [1.29, 1.82) is 0 Å². The number of thiocarbonyl (C=S) groups is 1. The van der Waals surface area contributed by atoms with Crippen LogP contribution in [0.1, 0.15) is 12.5 Å². The number of aliphatic hydroxyl groups excluding tert-OH is 1. The Bertz CT molecular complexity index is 613. The van der Waals surface area contributed by atoms with Crippen LogP contribution >= 0.6 is 12.2 Å². The largest absolute Gasteiger partial charge is 0.392 e. The van der Waals surface area contributed by atoms with Crippen LogP contribution < -0.4 is 10.6 Å². The van der Waals surface area contributed by atoms with Gasteiger partial charge >= 0.3 is 0 Å². The summed E-state index contributed by atoms with van der Waals surface area (Å²) in [5.74, 6) is 0. The van der Waals surface area contributed by atoms with Crippen molar-refractivity contribution in [2.24, 2.45) is 0 Å². The predicted octanol–water partition coefficient (Wildman–Crippen LogP) is 0.913. The van der Waals surface area contributed by atoms with Gasteiger partial charge in [-0.05, 0) is 43.8 Å². The lowest BCUT2D eigenvalue weighted by Gasteiger charge is -2.16. The van der Waals surface area contributed by atoms with Gasteiger partial charge < -0.3 is 15.7 Å². The van der Waals surface area contributed by atoms with E-state index < -0.39 is 16.1 Å². The first kappa shape index (κ1) is 17.8. The van der Waals surface area contributed by atoms with E-state index in [2.05, 4.69) is 10.6 Å². The molecule has 6 nitrogen and oxygen atoms in total. The first-order chi connectivity index (χ1) is 9.64. The number of sulfonamides is 1. The molecule has 0 aromatic heterocycles. The second-order valence-electron chi connectivity index (χ2n) is 4.95. The molecule has 8 heteroatoms. The molecular weight excluding hydrogens is 310 g/mol. The van der Waals surface area contributed by atoms with Crippen LogP contribution in [0.3, 0.4) is 0 Å². The minimum atomic E-state index is -3.49. The summed E-state index contributed by atoms with van der Waals surface area (Å²) < 4.78 is 25.4. The number of hydrogen-bond acceptors (Lipinski definition) is 4. The molecule has 0 unspecified atom stereocenters. The molecule has 1 atom stereocenters. The molecule has 0 heterocycles. The fourth-order valence-corrected chi connectivity index (χ4v) is 2.64. The van der Waals surface area contributed by atoms with Crippen molar-refractivity contribution in [2.75, 3.05) is 26.0 Å². The van der Waals surface area contributed by atoms with Gasteiger partial charge in [0.25, 0.3) is 0 Å². The maximum Gasteiger partial charge on any atom is 0.242 e. The van der Waals surface area contributed by atoms with E-state index in [0.29, 0.717) is 17.3 Å². The topological polar surface area (TPSA) is 81.7 Å². The van der Waals surface area contributed by atoms with E-state index in [1.54, 1.807) is 25.1 Å². The maximum atomic E-state index is 12.1. The molecule has 1 rings (SSSR count). The van der Waals surface area contributed by atoms with Gasteiger partial charge in [-0.25, -0.2) is 12.7 Å². The van der Waals surface area contributed by atoms with Crippen molar-refractivity contribution in [1.82, 2.24) is 9.62 Å². The Hall–Kier alpha value is -1.22. The normalized spacial score (nSPS) is 13.0. The summed E-state index contributed by atoms with van der Waals surface area (Å²) >= 11 is 5.11. The average molecular weight is 331 g/mol. The highest BCUT2D eigenvalue weighted by atomic mass is 32.2. The lowest BCUT2D eigenvalue weighted by molar-refractivity contribution is 0.198. The van der Waals surface area contributed by atoms with Gasteiger partial charge in [-0.3, -0.25) is 0 Å². The quantitative estimate of drug-likeness (QED) is 0.696. The van der Waals surface area contributed by atoms with E-state index in [0.717, 1.165) is 9.87 Å². The second-order valence-corrected chi connectivity index (χ2v) is 7.51. The molecule has 0 aliphatic rings. The van der Waals surface area contributed by atoms with Crippen molar-refractivity contribution in [3.63, 3.8) is 0 Å². The van der Waals surface area contributed by atoms with Crippen molar-refractivity contribution in [3.05, 3.63) is 23.8 Å². The molecule has 1 aromatic rings. The van der Waals surface area contributed by atoms with Crippen LogP contribution in [0.5, 0.6) is 0 Å². The van der Waals surface area contributed by atoms with Crippen LogP contribution in [-0.4, -0.2) is 49.7 Å². The third-order valence-corrected chi connectivity index (χ3v) is 4.85. The lowest BCUT2D eigenvalue weighted by Crippen LogP contribution is -2.34. The van der Waals surface area contributed by atoms with Crippen molar-refractivity contribution in [2.45, 2.75) is 24.8 Å². The summed E-state index contributed by atoms with van der Waals surface area (Å²) in [6, 6.07) is 4.82. The Morgan fingerprint density at radius 2 is 2.05 bits per heavy atom. The number of hydrogen-bond donors (Lipinski definition) is 3. The summed E-state index contributed by atoms with van der Waals surface area (Å²) in [5.41, 5.74) is 1.48. The molecule has 0 spiro atoms. The van der Waals surface area contributed by atoms with Crippen LogP contribution in [0.2, 0.25) is 0 Å². The fourth-order valence-electron chi connectivity index (χ4n) is 1.51. The van der Waals surface area contributed by atoms with E-state index in [1.165, 1.54) is 14.1 Å². The van der Waals surface area contributed by atoms with Crippen LogP contribution in [-0.2, 0) is 10.0 Å². The van der Waals surface area contributed by atoms with E-state index in [-0.39, 0.29) is 4.90 Å². The Balaban J connectivity index is 2.96. The van der Waals surface area contributed by atoms with E-state index in [1.807, 2.05) is 6.92 Å². The van der Waals surface area contributed by atoms with Crippen LogP contribution in [0, 0.1) is 6.92 Å². The molecule has 0 bridgehead atoms. The van der Waals surface area contributed by atoms with Gasteiger partial charge in [0.2, 0.25) is 10.0 Å². The van der Waals surface area contributed by atoms with Crippen molar-refractivity contribution >= 4 is 33.0 Å². The highest BCUT2D eigenvalue weighted by molar-refractivity contribution is 7.89. The molecule has 0 radical (unpaired) electrons. The van der Waals surface area contributed by atoms with Gasteiger partial charge in [0.1, 0.15) is 0 Å². The van der Waals surface area contributed by atoms with Gasteiger partial charge in [0, 0.05) is 26.3 Å². The molecule has 3 N–H and O–H groups in total. The molecule has 1 aromatic carbocycles. The Kier molecular flexibility index (Phi) is 6.09. The molecule has 0 fully saturated rings. The average Bonchev–Trinajstić information content (AvgIpc) is 2.38. The zero-order valence-corrected chi connectivity index (χ0v) is 14.2. The van der Waals surface area contributed by atoms with E-state index in [4.69, 9.17) is 12.2 Å². The number of nitrogens with one attached hydrogen (secondary N) is 2. The van der Waals surface area contributed by atoms with Gasteiger partial charge in [0.05, 0.1) is 11.0 Å². The van der Waals surface area contributed by atoms with Gasteiger partial charge in [0.15, 0.2) is 5.11 Å². The summed E-state index contributed by atoms with van der Waals surface area (Å²) in [5, 5.41) is 15.3. The Morgan fingerprint density at radius 1 is 1.43 bits per heavy atom. The van der Waals surface area contributed by atoms with Gasteiger partial charge in [-0.1, -0.05) is 6.07 Å². The highest BCUT2D eigenvalue weighted by Crippen LogP contribution is 2.21. The van der Waals surface area contributed by atoms with Crippen LogP contribution in [0.15, 0.2) is 23.1 Å². The van der Waals surface area contributed by atoms with E-state index >= 15 is 0 Å². The zero-order valence-electron chi connectivity index (χ0n) is 12.5.